The molecule has 1 aromatic heterocycles. The molecule has 0 aliphatic carbocycles. The predicted octanol–water partition coefficient (Wildman–Crippen LogP) is 3.79. The van der Waals surface area contributed by atoms with Crippen molar-refractivity contribution in [1.29, 1.82) is 0 Å². The van der Waals surface area contributed by atoms with Gasteiger partial charge in [0.2, 0.25) is 15.3 Å². The van der Waals surface area contributed by atoms with Gasteiger partial charge >= 0.3 is 0 Å². The number of rotatable bonds is 3. The molecule has 1 heterocycles. The lowest BCUT2D eigenvalue weighted by Gasteiger charge is -2.07. The quantitative estimate of drug-likeness (QED) is 0.552. The Bertz CT molecular complexity index is 1300. The predicted molar refractivity (Wildman–Crippen MR) is 98.4 cm³/mol. The van der Waals surface area contributed by atoms with Gasteiger partial charge in [-0.15, -0.1) is 0 Å². The van der Waals surface area contributed by atoms with Crippen molar-refractivity contribution in [3.63, 3.8) is 0 Å². The molecule has 0 radical (unpaired) electrons. The van der Waals surface area contributed by atoms with Crippen LogP contribution >= 0.6 is 0 Å². The van der Waals surface area contributed by atoms with Crippen LogP contribution in [0.2, 0.25) is 0 Å². The van der Waals surface area contributed by atoms with Crippen molar-refractivity contribution in [2.75, 3.05) is 7.11 Å². The van der Waals surface area contributed by atoms with Crippen molar-refractivity contribution in [2.45, 2.75) is 9.79 Å². The van der Waals surface area contributed by atoms with Crippen molar-refractivity contribution < 1.29 is 17.6 Å². The second-order valence-electron chi connectivity index (χ2n) is 5.80. The van der Waals surface area contributed by atoms with E-state index in [2.05, 4.69) is 0 Å². The lowest BCUT2D eigenvalue weighted by molar-refractivity contribution is 0.414. The van der Waals surface area contributed by atoms with Crippen LogP contribution in [0.4, 0.5) is 0 Å². The van der Waals surface area contributed by atoms with Crippen LogP contribution in [0, 0.1) is 0 Å². The number of benzene rings is 3. The SMILES string of the molecule is COc1ccc2c(=O)c(S(=O)(=O)c3ccc4ccccc4c3)coc2c1. The standard InChI is InChI=1S/C20H14O5S/c1-24-15-7-9-17-18(11-15)25-12-19(20(17)21)26(22,23)16-8-6-13-4-2-3-5-14(13)10-16/h2-12H,1H3. The second-order valence-corrected chi connectivity index (χ2v) is 7.72. The fraction of sp³-hybridized carbons (Fsp3) is 0.0500. The molecule has 4 aromatic rings. The molecule has 0 saturated heterocycles. The van der Waals surface area contributed by atoms with Gasteiger partial charge < -0.3 is 9.15 Å². The van der Waals surface area contributed by atoms with Crippen molar-refractivity contribution in [1.82, 2.24) is 0 Å². The summed E-state index contributed by atoms with van der Waals surface area (Å²) in [5, 5.41) is 1.89. The molecule has 5 nitrogen and oxygen atoms in total. The Morgan fingerprint density at radius 2 is 1.69 bits per heavy atom. The molecule has 0 fully saturated rings. The zero-order valence-corrected chi connectivity index (χ0v) is 14.6. The Kier molecular flexibility index (Phi) is 3.77. The first-order chi connectivity index (χ1) is 12.5. The third-order valence-corrected chi connectivity index (χ3v) is 6.01. The lowest BCUT2D eigenvalue weighted by atomic mass is 10.1. The van der Waals surface area contributed by atoms with Gasteiger partial charge in [-0.1, -0.05) is 30.3 Å². The molecule has 0 atom stereocenters. The number of sulfone groups is 1. The molecule has 0 N–H and O–H groups in total. The summed E-state index contributed by atoms with van der Waals surface area (Å²) in [6, 6.07) is 16.8. The Hall–Kier alpha value is -3.12. The summed E-state index contributed by atoms with van der Waals surface area (Å²) in [4.78, 5) is 12.4. The van der Waals surface area contributed by atoms with E-state index in [-0.39, 0.29) is 20.8 Å². The maximum atomic E-state index is 13.0. The van der Waals surface area contributed by atoms with E-state index in [0.29, 0.717) is 5.75 Å². The summed E-state index contributed by atoms with van der Waals surface area (Å²) < 4.78 is 36.5. The fourth-order valence-electron chi connectivity index (χ4n) is 2.86. The molecule has 0 saturated carbocycles. The third kappa shape index (κ3) is 2.55. The van der Waals surface area contributed by atoms with Crippen LogP contribution in [0.25, 0.3) is 21.7 Å². The highest BCUT2D eigenvalue weighted by Crippen LogP contribution is 2.25. The van der Waals surface area contributed by atoms with Crippen LogP contribution < -0.4 is 10.2 Å². The Balaban J connectivity index is 1.92. The van der Waals surface area contributed by atoms with Crippen molar-refractivity contribution in [3.05, 3.63) is 77.2 Å². The molecule has 6 heteroatoms. The van der Waals surface area contributed by atoms with E-state index in [9.17, 15) is 13.2 Å². The number of ether oxygens (including phenoxy) is 1. The molecule has 0 aliphatic heterocycles. The van der Waals surface area contributed by atoms with Gasteiger partial charge in [0.25, 0.3) is 0 Å². The summed E-state index contributed by atoms with van der Waals surface area (Å²) in [6.45, 7) is 0. The first-order valence-corrected chi connectivity index (χ1v) is 9.32. The average Bonchev–Trinajstić information content (AvgIpc) is 2.67. The molecule has 0 bridgehead atoms. The van der Waals surface area contributed by atoms with Crippen LogP contribution in [0.5, 0.6) is 5.75 Å². The van der Waals surface area contributed by atoms with Crippen molar-refractivity contribution in [2.24, 2.45) is 0 Å². The van der Waals surface area contributed by atoms with Crippen LogP contribution in [-0.2, 0) is 9.84 Å². The van der Waals surface area contributed by atoms with Gasteiger partial charge in [-0.25, -0.2) is 8.42 Å². The highest BCUT2D eigenvalue weighted by atomic mass is 32.2. The number of fused-ring (bicyclic) bond motifs is 2. The van der Waals surface area contributed by atoms with Crippen LogP contribution in [0.3, 0.4) is 0 Å². The monoisotopic (exact) mass is 366 g/mol. The molecule has 0 amide bonds. The largest absolute Gasteiger partial charge is 0.497 e. The maximum absolute atomic E-state index is 13.0. The highest BCUT2D eigenvalue weighted by Gasteiger charge is 2.24. The number of hydrogen-bond acceptors (Lipinski definition) is 5. The highest BCUT2D eigenvalue weighted by molar-refractivity contribution is 7.91. The van der Waals surface area contributed by atoms with Crippen LogP contribution in [-0.4, -0.2) is 15.5 Å². The Morgan fingerprint density at radius 3 is 2.46 bits per heavy atom. The van der Waals surface area contributed by atoms with E-state index in [0.717, 1.165) is 17.0 Å². The number of methoxy groups -OCH3 is 1. The van der Waals surface area contributed by atoms with Crippen LogP contribution in [0.15, 0.2) is 85.9 Å². The first-order valence-electron chi connectivity index (χ1n) is 7.84. The molecule has 0 unspecified atom stereocenters. The van der Waals surface area contributed by atoms with Gasteiger partial charge in [0.05, 0.1) is 17.4 Å². The second kappa shape index (κ2) is 6.00. The Labute approximate surface area is 149 Å². The fourth-order valence-corrected chi connectivity index (χ4v) is 4.18. The topological polar surface area (TPSA) is 73.6 Å². The average molecular weight is 366 g/mol. The zero-order chi connectivity index (χ0) is 18.3. The van der Waals surface area contributed by atoms with E-state index in [1.807, 2.05) is 24.3 Å². The van der Waals surface area contributed by atoms with Gasteiger partial charge in [-0.05, 0) is 35.0 Å². The molecule has 0 spiro atoms. The molecule has 130 valence electrons. The number of hydrogen-bond donors (Lipinski definition) is 0. The Morgan fingerprint density at radius 1 is 0.923 bits per heavy atom. The van der Waals surface area contributed by atoms with Gasteiger partial charge in [0.1, 0.15) is 17.6 Å². The van der Waals surface area contributed by atoms with E-state index >= 15 is 0 Å². The van der Waals surface area contributed by atoms with Gasteiger partial charge in [0, 0.05) is 6.07 Å². The minimum Gasteiger partial charge on any atom is -0.497 e. The van der Waals surface area contributed by atoms with Crippen LogP contribution in [0.1, 0.15) is 0 Å². The van der Waals surface area contributed by atoms with E-state index in [1.165, 1.54) is 19.2 Å². The maximum Gasteiger partial charge on any atom is 0.213 e. The first kappa shape index (κ1) is 16.4. The molecular formula is C20H14O5S. The zero-order valence-electron chi connectivity index (χ0n) is 13.8. The molecule has 4 rings (SSSR count). The van der Waals surface area contributed by atoms with Crippen molar-refractivity contribution >= 4 is 31.6 Å². The smallest absolute Gasteiger partial charge is 0.213 e. The summed E-state index contributed by atoms with van der Waals surface area (Å²) in [5.74, 6) is 0.519. The normalized spacial score (nSPS) is 11.7. The van der Waals surface area contributed by atoms with E-state index < -0.39 is 15.3 Å². The molecule has 3 aromatic carbocycles. The summed E-state index contributed by atoms with van der Waals surface area (Å²) in [7, 11) is -2.51. The van der Waals surface area contributed by atoms with Gasteiger partial charge in [-0.2, -0.15) is 0 Å². The third-order valence-electron chi connectivity index (χ3n) is 4.27. The minimum absolute atomic E-state index is 0.0522. The molecule has 26 heavy (non-hydrogen) atoms. The van der Waals surface area contributed by atoms with Crippen molar-refractivity contribution in [3.8, 4) is 5.75 Å². The lowest BCUT2D eigenvalue weighted by Crippen LogP contribution is -2.15. The van der Waals surface area contributed by atoms with Gasteiger partial charge in [-0.3, -0.25) is 4.79 Å². The summed E-state index contributed by atoms with van der Waals surface area (Å²) in [5.41, 5.74) is -0.325. The minimum atomic E-state index is -4.01. The van der Waals surface area contributed by atoms with E-state index in [1.54, 1.807) is 24.3 Å². The summed E-state index contributed by atoms with van der Waals surface area (Å²) in [6.07, 6.45) is 0.995. The van der Waals surface area contributed by atoms with Gasteiger partial charge in [0.15, 0.2) is 4.90 Å². The molecule has 0 aliphatic rings. The van der Waals surface area contributed by atoms with E-state index in [4.69, 9.17) is 9.15 Å². The molecular weight excluding hydrogens is 352 g/mol. The summed E-state index contributed by atoms with van der Waals surface area (Å²) >= 11 is 0.